The number of amides is 1. The van der Waals surface area contributed by atoms with Gasteiger partial charge in [0.05, 0.1) is 39.9 Å². The van der Waals surface area contributed by atoms with Crippen molar-refractivity contribution in [2.45, 2.75) is 238 Å². The van der Waals surface area contributed by atoms with Crippen LogP contribution in [0.2, 0.25) is 0 Å². The normalized spacial score (nSPS) is 14.6. The average Bonchev–Trinajstić information content (AvgIpc) is 3.26. The zero-order chi connectivity index (χ0) is 47.8. The summed E-state index contributed by atoms with van der Waals surface area (Å²) in [4.78, 5) is 25.4. The molecule has 8 nitrogen and oxygen atoms in total. The number of phosphoric ester groups is 1. The second kappa shape index (κ2) is 47.0. The lowest BCUT2D eigenvalue weighted by Crippen LogP contribution is -2.45. The number of likely N-dealkylation sites (N-methyl/N-ethyl adjacent to an activating group) is 1. The van der Waals surface area contributed by atoms with Crippen LogP contribution in [0.15, 0.2) is 72.9 Å². The number of quaternary nitrogens is 1. The van der Waals surface area contributed by atoms with Gasteiger partial charge in [-0.1, -0.05) is 234 Å². The predicted octanol–water partition coefficient (Wildman–Crippen LogP) is 15.3. The summed E-state index contributed by atoms with van der Waals surface area (Å²) in [6, 6.07) is -0.920. The first-order chi connectivity index (χ1) is 31.5. The van der Waals surface area contributed by atoms with Crippen molar-refractivity contribution in [3.05, 3.63) is 72.9 Å². The smallest absolute Gasteiger partial charge is 0.268 e. The minimum absolute atomic E-state index is 0.0147. The third kappa shape index (κ3) is 49.7. The molecular formula is C56H103N2O6P. The van der Waals surface area contributed by atoms with Crippen LogP contribution in [-0.4, -0.2) is 68.5 Å². The van der Waals surface area contributed by atoms with Crippen LogP contribution in [0.5, 0.6) is 0 Å². The number of carbonyl (C=O) groups is 1. The molecule has 1 amide bonds. The standard InChI is InChI=1S/C56H103N2O6P/c1-6-8-10-12-14-16-18-20-22-24-25-26-27-28-29-30-31-32-34-35-37-39-41-43-45-47-49-55(59)54(53-64-65(61,62)63-52-51-58(3,4)5)57-56(60)50-48-46-44-42-40-38-36-33-23-21-19-17-15-13-11-9-7-2/h9,11,15,17,21,23,36,38,42,44,47,49,54-55,59H,6-8,10,12-14,16,18-20,22,24-35,37,39-41,43,45-46,48,50-53H2,1-5H3,(H-,57,60,61,62)/b11-9-,17-15-,23-21-,38-36-,44-42-,49-47+. The number of aliphatic hydroxyl groups is 1. The molecule has 0 spiro atoms. The molecule has 65 heavy (non-hydrogen) atoms. The molecule has 0 aromatic rings. The molecule has 0 saturated carbocycles. The molecule has 9 heteroatoms. The van der Waals surface area contributed by atoms with E-state index in [9.17, 15) is 19.4 Å². The van der Waals surface area contributed by atoms with Crippen molar-refractivity contribution < 1.29 is 32.9 Å². The zero-order valence-corrected chi connectivity index (χ0v) is 43.8. The molecule has 0 saturated heterocycles. The molecule has 0 radical (unpaired) electrons. The minimum Gasteiger partial charge on any atom is -0.756 e. The Balaban J connectivity index is 4.31. The van der Waals surface area contributed by atoms with E-state index in [2.05, 4.69) is 79.9 Å². The highest BCUT2D eigenvalue weighted by molar-refractivity contribution is 7.45. The van der Waals surface area contributed by atoms with Gasteiger partial charge in [0.2, 0.25) is 5.91 Å². The number of nitrogens with one attached hydrogen (secondary N) is 1. The summed E-state index contributed by atoms with van der Waals surface area (Å²) in [5.74, 6) is -0.255. The molecule has 0 aromatic carbocycles. The van der Waals surface area contributed by atoms with Crippen molar-refractivity contribution in [2.24, 2.45) is 0 Å². The summed E-state index contributed by atoms with van der Waals surface area (Å²) < 4.78 is 23.3. The van der Waals surface area contributed by atoms with Crippen LogP contribution >= 0.6 is 7.82 Å². The molecule has 0 rings (SSSR count). The lowest BCUT2D eigenvalue weighted by Gasteiger charge is -2.29. The fraction of sp³-hybridized carbons (Fsp3) is 0.768. The summed E-state index contributed by atoms with van der Waals surface area (Å²) in [7, 11) is 1.22. The molecule has 2 N–H and O–H groups in total. The number of carbonyl (C=O) groups excluding carboxylic acids is 1. The SMILES string of the molecule is CC/C=C\C/C=C\C/C=C\C/C=C\C/C=C\CCCC(=O)NC(COP(=O)([O-])OCC[N+](C)(C)C)C(O)/C=C/CCCCCCCCCCCCCCCCCCCCCCCCCC. The van der Waals surface area contributed by atoms with Gasteiger partial charge in [-0.05, 0) is 57.8 Å². The highest BCUT2D eigenvalue weighted by Crippen LogP contribution is 2.38. The Hall–Kier alpha value is -2.06. The topological polar surface area (TPSA) is 108 Å². The van der Waals surface area contributed by atoms with Gasteiger partial charge in [0, 0.05) is 6.42 Å². The summed E-state index contributed by atoms with van der Waals surface area (Å²) in [6.45, 7) is 4.50. The average molecular weight is 931 g/mol. The van der Waals surface area contributed by atoms with Crippen LogP contribution in [0.25, 0.3) is 0 Å². The fourth-order valence-corrected chi connectivity index (χ4v) is 8.21. The minimum atomic E-state index is -4.61. The number of unbranched alkanes of at least 4 members (excludes halogenated alkanes) is 25. The molecule has 0 aliphatic heterocycles. The first-order valence-corrected chi connectivity index (χ1v) is 28.3. The first kappa shape index (κ1) is 62.9. The maximum absolute atomic E-state index is 12.9. The van der Waals surface area contributed by atoms with E-state index >= 15 is 0 Å². The van der Waals surface area contributed by atoms with Crippen molar-refractivity contribution in [3.63, 3.8) is 0 Å². The van der Waals surface area contributed by atoms with Gasteiger partial charge >= 0.3 is 0 Å². The van der Waals surface area contributed by atoms with E-state index in [1.54, 1.807) is 6.08 Å². The summed E-state index contributed by atoms with van der Waals surface area (Å²) in [6.07, 6.45) is 64.1. The number of nitrogens with zero attached hydrogens (tertiary/aromatic N) is 1. The van der Waals surface area contributed by atoms with Gasteiger partial charge in [0.1, 0.15) is 13.2 Å². The summed E-state index contributed by atoms with van der Waals surface area (Å²) in [5.41, 5.74) is 0. The van der Waals surface area contributed by atoms with Crippen LogP contribution in [0.4, 0.5) is 0 Å². The third-order valence-electron chi connectivity index (χ3n) is 11.7. The molecule has 0 fully saturated rings. The Morgan fingerprint density at radius 3 is 1.35 bits per heavy atom. The molecule has 0 aromatic heterocycles. The van der Waals surface area contributed by atoms with Gasteiger partial charge in [-0.3, -0.25) is 9.36 Å². The monoisotopic (exact) mass is 931 g/mol. The van der Waals surface area contributed by atoms with Crippen LogP contribution in [0.1, 0.15) is 226 Å². The highest BCUT2D eigenvalue weighted by atomic mass is 31.2. The Morgan fingerprint density at radius 1 is 0.554 bits per heavy atom. The number of hydrogen-bond donors (Lipinski definition) is 2. The van der Waals surface area contributed by atoms with E-state index in [0.717, 1.165) is 57.8 Å². The molecule has 3 unspecified atom stereocenters. The van der Waals surface area contributed by atoms with E-state index in [1.165, 1.54) is 141 Å². The molecule has 378 valence electrons. The predicted molar refractivity (Wildman–Crippen MR) is 279 cm³/mol. The molecule has 0 heterocycles. The van der Waals surface area contributed by atoms with Crippen molar-refractivity contribution in [3.8, 4) is 0 Å². The highest BCUT2D eigenvalue weighted by Gasteiger charge is 2.23. The third-order valence-corrected chi connectivity index (χ3v) is 12.6. The van der Waals surface area contributed by atoms with Crippen molar-refractivity contribution in [1.29, 1.82) is 0 Å². The lowest BCUT2D eigenvalue weighted by molar-refractivity contribution is -0.870. The number of rotatable bonds is 48. The van der Waals surface area contributed by atoms with E-state index in [1.807, 2.05) is 27.2 Å². The Morgan fingerprint density at radius 2 is 0.938 bits per heavy atom. The second-order valence-electron chi connectivity index (χ2n) is 19.2. The maximum Gasteiger partial charge on any atom is 0.268 e. The maximum atomic E-state index is 12.9. The number of allylic oxidation sites excluding steroid dienone is 11. The Bertz CT molecular complexity index is 1290. The van der Waals surface area contributed by atoms with Gasteiger partial charge < -0.3 is 28.8 Å². The summed E-state index contributed by atoms with van der Waals surface area (Å²) >= 11 is 0. The van der Waals surface area contributed by atoms with Gasteiger partial charge in [-0.2, -0.15) is 0 Å². The van der Waals surface area contributed by atoms with Crippen molar-refractivity contribution >= 4 is 13.7 Å². The molecule has 3 atom stereocenters. The first-order valence-electron chi connectivity index (χ1n) is 26.8. The molecular weight excluding hydrogens is 828 g/mol. The van der Waals surface area contributed by atoms with Gasteiger partial charge in [0.25, 0.3) is 7.82 Å². The van der Waals surface area contributed by atoms with Gasteiger partial charge in [0.15, 0.2) is 0 Å². The van der Waals surface area contributed by atoms with Crippen molar-refractivity contribution in [2.75, 3.05) is 40.9 Å². The zero-order valence-electron chi connectivity index (χ0n) is 42.9. The lowest BCUT2D eigenvalue weighted by atomic mass is 10.0. The molecule has 0 bridgehead atoms. The Labute approximate surface area is 402 Å². The molecule has 0 aliphatic rings. The number of hydrogen-bond acceptors (Lipinski definition) is 6. The summed E-state index contributed by atoms with van der Waals surface area (Å²) in [5, 5.41) is 13.8. The second-order valence-corrected chi connectivity index (χ2v) is 20.6. The van der Waals surface area contributed by atoms with Crippen LogP contribution in [-0.2, 0) is 18.4 Å². The van der Waals surface area contributed by atoms with Crippen LogP contribution < -0.4 is 10.2 Å². The van der Waals surface area contributed by atoms with E-state index in [4.69, 9.17) is 9.05 Å². The van der Waals surface area contributed by atoms with Crippen LogP contribution in [0, 0.1) is 0 Å². The number of phosphoric acid groups is 1. The van der Waals surface area contributed by atoms with Gasteiger partial charge in [-0.15, -0.1) is 0 Å². The van der Waals surface area contributed by atoms with Crippen molar-refractivity contribution in [1.82, 2.24) is 5.32 Å². The van der Waals surface area contributed by atoms with E-state index in [0.29, 0.717) is 17.4 Å². The fourth-order valence-electron chi connectivity index (χ4n) is 7.48. The largest absolute Gasteiger partial charge is 0.756 e. The quantitative estimate of drug-likeness (QED) is 0.0272. The number of aliphatic hydroxyl groups excluding tert-OH is 1. The van der Waals surface area contributed by atoms with Crippen LogP contribution in [0.3, 0.4) is 0 Å². The van der Waals surface area contributed by atoms with E-state index < -0.39 is 26.6 Å². The molecule has 0 aliphatic carbocycles. The Kier molecular flexibility index (Phi) is 45.5. The van der Waals surface area contributed by atoms with Gasteiger partial charge in [-0.25, -0.2) is 0 Å². The van der Waals surface area contributed by atoms with E-state index in [-0.39, 0.29) is 18.9 Å².